The van der Waals surface area contributed by atoms with Crippen molar-refractivity contribution in [2.24, 2.45) is 5.10 Å². The molecule has 0 saturated heterocycles. The SMILES string of the molecule is CCCCOC(=O)NN=CCc1ccc(C(F)(F)F)nc1. The second-order valence-corrected chi connectivity index (χ2v) is 4.17. The van der Waals surface area contributed by atoms with E-state index < -0.39 is 18.0 Å². The first kappa shape index (κ1) is 16.9. The lowest BCUT2D eigenvalue weighted by Crippen LogP contribution is -2.19. The molecule has 5 nitrogen and oxygen atoms in total. The van der Waals surface area contributed by atoms with Crippen LogP contribution >= 0.6 is 0 Å². The number of carbonyl (C=O) groups is 1. The van der Waals surface area contributed by atoms with Gasteiger partial charge in [-0.15, -0.1) is 0 Å². The van der Waals surface area contributed by atoms with Crippen LogP contribution in [0.15, 0.2) is 23.4 Å². The van der Waals surface area contributed by atoms with Crippen molar-refractivity contribution in [1.29, 1.82) is 0 Å². The van der Waals surface area contributed by atoms with Crippen molar-refractivity contribution in [2.45, 2.75) is 32.4 Å². The lowest BCUT2D eigenvalue weighted by Gasteiger charge is -2.05. The summed E-state index contributed by atoms with van der Waals surface area (Å²) in [4.78, 5) is 14.4. The quantitative estimate of drug-likeness (QED) is 0.499. The summed E-state index contributed by atoms with van der Waals surface area (Å²) in [6.45, 7) is 2.29. The first-order valence-electron chi connectivity index (χ1n) is 6.40. The van der Waals surface area contributed by atoms with E-state index in [2.05, 4.69) is 15.5 Å². The van der Waals surface area contributed by atoms with Crippen LogP contribution in [0.5, 0.6) is 0 Å². The minimum absolute atomic E-state index is 0.250. The fraction of sp³-hybridized carbons (Fsp3) is 0.462. The first-order valence-corrected chi connectivity index (χ1v) is 6.40. The molecule has 0 aliphatic carbocycles. The fourth-order valence-corrected chi connectivity index (χ4v) is 1.30. The topological polar surface area (TPSA) is 63.6 Å². The van der Waals surface area contributed by atoms with Crippen LogP contribution < -0.4 is 5.43 Å². The Hall–Kier alpha value is -2.12. The van der Waals surface area contributed by atoms with Crippen LogP contribution in [0.4, 0.5) is 18.0 Å². The van der Waals surface area contributed by atoms with E-state index in [1.807, 2.05) is 6.92 Å². The molecule has 8 heteroatoms. The van der Waals surface area contributed by atoms with Crippen LogP contribution in [0.25, 0.3) is 0 Å². The zero-order valence-corrected chi connectivity index (χ0v) is 11.5. The number of halogens is 3. The summed E-state index contributed by atoms with van der Waals surface area (Å²) in [5.74, 6) is 0. The largest absolute Gasteiger partial charge is 0.448 e. The lowest BCUT2D eigenvalue weighted by atomic mass is 10.2. The van der Waals surface area contributed by atoms with E-state index in [-0.39, 0.29) is 6.42 Å². The Morgan fingerprint density at radius 3 is 2.81 bits per heavy atom. The van der Waals surface area contributed by atoms with Crippen molar-refractivity contribution in [3.8, 4) is 0 Å². The molecule has 1 N–H and O–H groups in total. The summed E-state index contributed by atoms with van der Waals surface area (Å²) >= 11 is 0. The number of hydrogen-bond acceptors (Lipinski definition) is 4. The number of hydrogen-bond donors (Lipinski definition) is 1. The number of amides is 1. The number of hydrazone groups is 1. The number of rotatable bonds is 6. The van der Waals surface area contributed by atoms with Gasteiger partial charge in [-0.1, -0.05) is 19.4 Å². The van der Waals surface area contributed by atoms with Crippen molar-refractivity contribution >= 4 is 12.3 Å². The number of ether oxygens (including phenoxy) is 1. The molecule has 0 bridgehead atoms. The molecule has 0 aliphatic rings. The fourth-order valence-electron chi connectivity index (χ4n) is 1.30. The second-order valence-electron chi connectivity index (χ2n) is 4.17. The average molecular weight is 303 g/mol. The molecule has 1 aromatic heterocycles. The minimum Gasteiger partial charge on any atom is -0.448 e. The molecule has 1 aromatic rings. The Labute approximate surface area is 120 Å². The molecule has 116 valence electrons. The summed E-state index contributed by atoms with van der Waals surface area (Å²) in [7, 11) is 0. The van der Waals surface area contributed by atoms with Gasteiger partial charge in [0.2, 0.25) is 0 Å². The maximum Gasteiger partial charge on any atom is 0.433 e. The van der Waals surface area contributed by atoms with Gasteiger partial charge in [0.15, 0.2) is 0 Å². The molecule has 1 rings (SSSR count). The van der Waals surface area contributed by atoms with Gasteiger partial charge in [-0.3, -0.25) is 4.98 Å². The zero-order chi connectivity index (χ0) is 15.7. The van der Waals surface area contributed by atoms with E-state index in [9.17, 15) is 18.0 Å². The van der Waals surface area contributed by atoms with Gasteiger partial charge in [0.05, 0.1) is 6.61 Å². The molecule has 0 aromatic carbocycles. The molecule has 21 heavy (non-hydrogen) atoms. The molecule has 0 unspecified atom stereocenters. The minimum atomic E-state index is -4.45. The number of aromatic nitrogens is 1. The van der Waals surface area contributed by atoms with Crippen LogP contribution in [-0.2, 0) is 17.3 Å². The Balaban J connectivity index is 2.35. The normalized spacial score (nSPS) is 11.6. The van der Waals surface area contributed by atoms with Crippen molar-refractivity contribution < 1.29 is 22.7 Å². The molecule has 0 saturated carbocycles. The number of alkyl halides is 3. The average Bonchev–Trinajstić information content (AvgIpc) is 2.43. The predicted octanol–water partition coefficient (Wildman–Crippen LogP) is 3.16. The molecule has 0 spiro atoms. The van der Waals surface area contributed by atoms with E-state index in [1.165, 1.54) is 12.3 Å². The summed E-state index contributed by atoms with van der Waals surface area (Å²) in [5.41, 5.74) is 1.76. The third-order valence-electron chi connectivity index (χ3n) is 2.42. The van der Waals surface area contributed by atoms with Gasteiger partial charge in [0.25, 0.3) is 0 Å². The van der Waals surface area contributed by atoms with Crippen molar-refractivity contribution in [2.75, 3.05) is 6.61 Å². The zero-order valence-electron chi connectivity index (χ0n) is 11.5. The van der Waals surface area contributed by atoms with Gasteiger partial charge in [-0.25, -0.2) is 10.2 Å². The first-order chi connectivity index (χ1) is 9.93. The third kappa shape index (κ3) is 6.73. The van der Waals surface area contributed by atoms with Crippen LogP contribution in [0.1, 0.15) is 31.0 Å². The molecular weight excluding hydrogens is 287 g/mol. The Morgan fingerprint density at radius 1 is 1.48 bits per heavy atom. The summed E-state index contributed by atoms with van der Waals surface area (Å²) in [6.07, 6.45) is -0.701. The monoisotopic (exact) mass is 303 g/mol. The van der Waals surface area contributed by atoms with Crippen LogP contribution in [-0.4, -0.2) is 23.9 Å². The van der Waals surface area contributed by atoms with E-state index in [1.54, 1.807) is 0 Å². The highest BCUT2D eigenvalue weighted by Crippen LogP contribution is 2.27. The van der Waals surface area contributed by atoms with Crippen LogP contribution in [0, 0.1) is 0 Å². The van der Waals surface area contributed by atoms with Gasteiger partial charge in [0, 0.05) is 18.8 Å². The molecule has 0 fully saturated rings. The van der Waals surface area contributed by atoms with Gasteiger partial charge in [0.1, 0.15) is 5.69 Å². The molecular formula is C13H16F3N3O2. The maximum absolute atomic E-state index is 12.3. The Kier molecular flexibility index (Phi) is 6.64. The van der Waals surface area contributed by atoms with E-state index in [0.717, 1.165) is 25.1 Å². The highest BCUT2D eigenvalue weighted by atomic mass is 19.4. The molecule has 0 atom stereocenters. The maximum atomic E-state index is 12.3. The van der Waals surface area contributed by atoms with Crippen molar-refractivity contribution in [3.63, 3.8) is 0 Å². The van der Waals surface area contributed by atoms with Crippen LogP contribution in [0.2, 0.25) is 0 Å². The lowest BCUT2D eigenvalue weighted by molar-refractivity contribution is -0.141. The van der Waals surface area contributed by atoms with E-state index in [0.29, 0.717) is 12.2 Å². The number of pyridine rings is 1. The number of carbonyl (C=O) groups excluding carboxylic acids is 1. The number of unbranched alkanes of at least 4 members (excludes halogenated alkanes) is 1. The summed E-state index contributed by atoms with van der Waals surface area (Å²) in [5, 5.41) is 3.62. The summed E-state index contributed by atoms with van der Waals surface area (Å²) in [6, 6.07) is 2.21. The predicted molar refractivity (Wildman–Crippen MR) is 70.8 cm³/mol. The number of nitrogens with one attached hydrogen (secondary N) is 1. The smallest absolute Gasteiger partial charge is 0.433 e. The molecule has 0 radical (unpaired) electrons. The van der Waals surface area contributed by atoms with Gasteiger partial charge < -0.3 is 4.74 Å². The van der Waals surface area contributed by atoms with Gasteiger partial charge >= 0.3 is 12.3 Å². The summed E-state index contributed by atoms with van der Waals surface area (Å²) < 4.78 is 41.7. The van der Waals surface area contributed by atoms with Crippen molar-refractivity contribution in [1.82, 2.24) is 10.4 Å². The highest BCUT2D eigenvalue weighted by molar-refractivity contribution is 5.69. The van der Waals surface area contributed by atoms with Gasteiger partial charge in [-0.2, -0.15) is 18.3 Å². The molecule has 1 heterocycles. The van der Waals surface area contributed by atoms with Crippen molar-refractivity contribution in [3.05, 3.63) is 29.6 Å². The Bertz CT molecular complexity index is 473. The number of nitrogens with zero attached hydrogens (tertiary/aromatic N) is 2. The van der Waals surface area contributed by atoms with E-state index in [4.69, 9.17) is 4.74 Å². The second kappa shape index (κ2) is 8.23. The molecule has 0 aliphatic heterocycles. The standard InChI is InChI=1S/C13H16F3N3O2/c1-2-3-8-21-12(20)19-18-7-6-10-4-5-11(17-9-10)13(14,15)16/h4-5,7,9H,2-3,6,8H2,1H3,(H,19,20). The Morgan fingerprint density at radius 2 is 2.24 bits per heavy atom. The highest BCUT2D eigenvalue weighted by Gasteiger charge is 2.31. The van der Waals surface area contributed by atoms with Crippen LogP contribution in [0.3, 0.4) is 0 Å². The third-order valence-corrected chi connectivity index (χ3v) is 2.42. The van der Waals surface area contributed by atoms with E-state index >= 15 is 0 Å². The van der Waals surface area contributed by atoms with Gasteiger partial charge in [-0.05, 0) is 18.1 Å². The molecule has 1 amide bonds.